The maximum absolute atomic E-state index is 11.6. The molecule has 2 rings (SSSR count). The van der Waals surface area contributed by atoms with E-state index in [9.17, 15) is 4.79 Å². The highest BCUT2D eigenvalue weighted by molar-refractivity contribution is 5.67. The second-order valence-corrected chi connectivity index (χ2v) is 5.52. The van der Waals surface area contributed by atoms with Gasteiger partial charge in [-0.05, 0) is 44.4 Å². The number of alkyl carbamates (subject to hydrolysis) is 1. The average molecular weight is 251 g/mol. The number of fused-ring (bicyclic) bond motifs is 2. The maximum atomic E-state index is 11.6. The molecule has 2 aliphatic carbocycles. The second-order valence-electron chi connectivity index (χ2n) is 5.52. The molecule has 4 atom stereocenters. The van der Waals surface area contributed by atoms with Crippen molar-refractivity contribution in [3.8, 4) is 0 Å². The van der Waals surface area contributed by atoms with E-state index in [2.05, 4.69) is 24.4 Å². The van der Waals surface area contributed by atoms with Gasteiger partial charge < -0.3 is 10.1 Å². The second kappa shape index (κ2) is 6.26. The Kier molecular flexibility index (Phi) is 4.67. The molecule has 0 heterocycles. The number of ether oxygens (including phenoxy) is 1. The van der Waals surface area contributed by atoms with E-state index in [1.165, 1.54) is 25.7 Å². The van der Waals surface area contributed by atoms with Gasteiger partial charge in [0.2, 0.25) is 0 Å². The third kappa shape index (κ3) is 2.88. The standard InChI is InChI=1S/C15H25NO2/c1-3-5-6-7-13-11-8-9-12(10-11)14(13)16-15(17)18-4-2/h6-7,11-14H,3-5,8-10H2,1-2H3,(H,16,17)/b7-6+. The van der Waals surface area contributed by atoms with Crippen LogP contribution in [0.3, 0.4) is 0 Å². The smallest absolute Gasteiger partial charge is 0.407 e. The number of allylic oxidation sites excluding steroid dienone is 1. The highest BCUT2D eigenvalue weighted by atomic mass is 16.5. The van der Waals surface area contributed by atoms with Gasteiger partial charge in [0.05, 0.1) is 6.61 Å². The highest BCUT2D eigenvalue weighted by Crippen LogP contribution is 2.49. The molecule has 0 saturated heterocycles. The summed E-state index contributed by atoms with van der Waals surface area (Å²) in [5.74, 6) is 1.96. The van der Waals surface area contributed by atoms with E-state index in [0.717, 1.165) is 12.3 Å². The SMILES string of the molecule is CCC/C=C/C1C2CCC(C2)C1NC(=O)OCC. The largest absolute Gasteiger partial charge is 0.450 e. The first-order valence-electron chi connectivity index (χ1n) is 7.36. The van der Waals surface area contributed by atoms with Gasteiger partial charge in [-0.3, -0.25) is 0 Å². The molecule has 1 N–H and O–H groups in total. The summed E-state index contributed by atoms with van der Waals surface area (Å²) in [6.45, 7) is 4.49. The van der Waals surface area contributed by atoms with Crippen LogP contribution in [0.1, 0.15) is 46.0 Å². The van der Waals surface area contributed by atoms with Gasteiger partial charge in [-0.25, -0.2) is 4.79 Å². The van der Waals surface area contributed by atoms with Crippen LogP contribution in [0.15, 0.2) is 12.2 Å². The zero-order valence-corrected chi connectivity index (χ0v) is 11.5. The van der Waals surface area contributed by atoms with Gasteiger partial charge >= 0.3 is 6.09 Å². The summed E-state index contributed by atoms with van der Waals surface area (Å²) < 4.78 is 5.01. The first-order valence-corrected chi connectivity index (χ1v) is 7.36. The van der Waals surface area contributed by atoms with E-state index in [0.29, 0.717) is 24.5 Å². The third-order valence-corrected chi connectivity index (χ3v) is 4.35. The van der Waals surface area contributed by atoms with Crippen LogP contribution in [0, 0.1) is 17.8 Å². The van der Waals surface area contributed by atoms with E-state index >= 15 is 0 Å². The minimum absolute atomic E-state index is 0.246. The molecule has 2 fully saturated rings. The van der Waals surface area contributed by atoms with Gasteiger partial charge in [-0.2, -0.15) is 0 Å². The van der Waals surface area contributed by atoms with Crippen molar-refractivity contribution in [2.45, 2.75) is 52.0 Å². The highest BCUT2D eigenvalue weighted by Gasteiger charge is 2.47. The van der Waals surface area contributed by atoms with Crippen LogP contribution < -0.4 is 5.32 Å². The van der Waals surface area contributed by atoms with Crippen molar-refractivity contribution >= 4 is 6.09 Å². The van der Waals surface area contributed by atoms with Crippen molar-refractivity contribution < 1.29 is 9.53 Å². The van der Waals surface area contributed by atoms with Crippen LogP contribution >= 0.6 is 0 Å². The zero-order chi connectivity index (χ0) is 13.0. The Hall–Kier alpha value is -0.990. The quantitative estimate of drug-likeness (QED) is 0.759. The minimum atomic E-state index is -0.246. The summed E-state index contributed by atoms with van der Waals surface area (Å²) in [5, 5.41) is 3.08. The summed E-state index contributed by atoms with van der Waals surface area (Å²) in [4.78, 5) is 11.6. The molecule has 3 nitrogen and oxygen atoms in total. The van der Waals surface area contributed by atoms with Crippen LogP contribution in [-0.4, -0.2) is 18.7 Å². The number of hydrogen-bond acceptors (Lipinski definition) is 2. The fraction of sp³-hybridized carbons (Fsp3) is 0.800. The molecule has 1 amide bonds. The summed E-state index contributed by atoms with van der Waals surface area (Å²) in [6, 6.07) is 0.302. The summed E-state index contributed by atoms with van der Waals surface area (Å²) in [7, 11) is 0. The predicted molar refractivity (Wildman–Crippen MR) is 72.3 cm³/mol. The first-order chi connectivity index (χ1) is 8.76. The molecule has 0 aromatic heterocycles. The van der Waals surface area contributed by atoms with Gasteiger partial charge in [0, 0.05) is 12.0 Å². The summed E-state index contributed by atoms with van der Waals surface area (Å²) >= 11 is 0. The number of nitrogens with one attached hydrogen (secondary N) is 1. The molecule has 4 unspecified atom stereocenters. The minimum Gasteiger partial charge on any atom is -0.450 e. The van der Waals surface area contributed by atoms with Crippen molar-refractivity contribution in [2.24, 2.45) is 17.8 Å². The molecule has 0 aromatic carbocycles. The Morgan fingerprint density at radius 1 is 1.33 bits per heavy atom. The van der Waals surface area contributed by atoms with Crippen LogP contribution in [0.5, 0.6) is 0 Å². The molecular weight excluding hydrogens is 226 g/mol. The van der Waals surface area contributed by atoms with Gasteiger partial charge in [-0.15, -0.1) is 0 Å². The maximum Gasteiger partial charge on any atom is 0.407 e. The molecule has 0 radical (unpaired) electrons. The van der Waals surface area contributed by atoms with E-state index in [-0.39, 0.29) is 6.09 Å². The lowest BCUT2D eigenvalue weighted by Crippen LogP contribution is -2.43. The number of carbonyl (C=O) groups is 1. The van der Waals surface area contributed by atoms with Crippen molar-refractivity contribution in [1.82, 2.24) is 5.32 Å². The van der Waals surface area contributed by atoms with Crippen molar-refractivity contribution in [1.29, 1.82) is 0 Å². The molecule has 102 valence electrons. The molecule has 3 heteroatoms. The van der Waals surface area contributed by atoms with Crippen LogP contribution in [-0.2, 0) is 4.74 Å². The lowest BCUT2D eigenvalue weighted by molar-refractivity contribution is 0.140. The van der Waals surface area contributed by atoms with Crippen LogP contribution in [0.2, 0.25) is 0 Å². The number of hydrogen-bond donors (Lipinski definition) is 1. The van der Waals surface area contributed by atoms with Crippen molar-refractivity contribution in [3.05, 3.63) is 12.2 Å². The molecule has 18 heavy (non-hydrogen) atoms. The lowest BCUT2D eigenvalue weighted by atomic mass is 9.84. The molecule has 0 spiro atoms. The Morgan fingerprint density at radius 2 is 2.11 bits per heavy atom. The van der Waals surface area contributed by atoms with Gasteiger partial charge in [-0.1, -0.05) is 25.5 Å². The van der Waals surface area contributed by atoms with Crippen molar-refractivity contribution in [3.63, 3.8) is 0 Å². The van der Waals surface area contributed by atoms with E-state index in [1.807, 2.05) is 6.92 Å². The molecule has 0 aliphatic heterocycles. The number of carbonyl (C=O) groups excluding carboxylic acids is 1. The van der Waals surface area contributed by atoms with Gasteiger partial charge in [0.15, 0.2) is 0 Å². The Morgan fingerprint density at radius 3 is 2.83 bits per heavy atom. The fourth-order valence-electron chi connectivity index (χ4n) is 3.56. The predicted octanol–water partition coefficient (Wildman–Crippen LogP) is 3.50. The Labute approximate surface area is 110 Å². The summed E-state index contributed by atoms with van der Waals surface area (Å²) in [6.07, 6.45) is 10.6. The molecular formula is C15H25NO2. The Bertz CT molecular complexity index is 314. The fourth-order valence-corrected chi connectivity index (χ4v) is 3.56. The summed E-state index contributed by atoms with van der Waals surface area (Å²) in [5.41, 5.74) is 0. The van der Waals surface area contributed by atoms with Gasteiger partial charge in [0.25, 0.3) is 0 Å². The topological polar surface area (TPSA) is 38.3 Å². The monoisotopic (exact) mass is 251 g/mol. The average Bonchev–Trinajstić information content (AvgIpc) is 2.92. The van der Waals surface area contributed by atoms with E-state index < -0.39 is 0 Å². The Balaban J connectivity index is 1.95. The zero-order valence-electron chi connectivity index (χ0n) is 11.5. The van der Waals surface area contributed by atoms with Crippen LogP contribution in [0.25, 0.3) is 0 Å². The third-order valence-electron chi connectivity index (χ3n) is 4.35. The van der Waals surface area contributed by atoms with E-state index in [1.54, 1.807) is 0 Å². The molecule has 2 saturated carbocycles. The first kappa shape index (κ1) is 13.4. The normalized spacial score (nSPS) is 34.1. The van der Waals surface area contributed by atoms with Crippen molar-refractivity contribution in [2.75, 3.05) is 6.61 Å². The van der Waals surface area contributed by atoms with Crippen LogP contribution in [0.4, 0.5) is 4.79 Å². The van der Waals surface area contributed by atoms with Gasteiger partial charge in [0.1, 0.15) is 0 Å². The molecule has 2 bridgehead atoms. The lowest BCUT2D eigenvalue weighted by Gasteiger charge is -2.29. The number of unbranched alkanes of at least 4 members (excludes halogenated alkanes) is 1. The number of rotatable bonds is 5. The number of amides is 1. The molecule has 2 aliphatic rings. The molecule has 0 aromatic rings. The van der Waals surface area contributed by atoms with E-state index in [4.69, 9.17) is 4.74 Å².